The SMILES string of the molecule is CC(C)CC1CNC(C)(C)CN1Cc1cc(F)ccc1F. The van der Waals surface area contributed by atoms with Gasteiger partial charge in [0, 0.05) is 36.8 Å². The summed E-state index contributed by atoms with van der Waals surface area (Å²) in [5.41, 5.74) is 0.443. The molecule has 0 amide bonds. The maximum absolute atomic E-state index is 13.9. The van der Waals surface area contributed by atoms with E-state index in [4.69, 9.17) is 0 Å². The second kappa shape index (κ2) is 6.41. The van der Waals surface area contributed by atoms with Gasteiger partial charge in [-0.3, -0.25) is 4.90 Å². The molecule has 21 heavy (non-hydrogen) atoms. The minimum absolute atomic E-state index is 0.00270. The molecule has 0 saturated carbocycles. The van der Waals surface area contributed by atoms with Crippen LogP contribution in [0.15, 0.2) is 18.2 Å². The maximum atomic E-state index is 13.9. The van der Waals surface area contributed by atoms with Gasteiger partial charge in [0.05, 0.1) is 0 Å². The van der Waals surface area contributed by atoms with Crippen molar-refractivity contribution in [3.8, 4) is 0 Å². The molecule has 0 aliphatic carbocycles. The molecule has 1 aromatic carbocycles. The molecular formula is C17H26F2N2. The first-order chi connectivity index (χ1) is 9.77. The molecule has 4 heteroatoms. The first-order valence-electron chi connectivity index (χ1n) is 7.70. The van der Waals surface area contributed by atoms with Crippen LogP contribution in [0.2, 0.25) is 0 Å². The van der Waals surface area contributed by atoms with Crippen LogP contribution in [-0.2, 0) is 6.54 Å². The predicted molar refractivity (Wildman–Crippen MR) is 82.1 cm³/mol. The molecule has 1 N–H and O–H groups in total. The van der Waals surface area contributed by atoms with Crippen LogP contribution < -0.4 is 5.32 Å². The Morgan fingerprint density at radius 2 is 2.05 bits per heavy atom. The molecule has 118 valence electrons. The van der Waals surface area contributed by atoms with Crippen molar-refractivity contribution < 1.29 is 8.78 Å². The number of nitrogens with zero attached hydrogens (tertiary/aromatic N) is 1. The number of hydrogen-bond donors (Lipinski definition) is 1. The highest BCUT2D eigenvalue weighted by atomic mass is 19.1. The van der Waals surface area contributed by atoms with Gasteiger partial charge in [-0.25, -0.2) is 8.78 Å². The van der Waals surface area contributed by atoms with E-state index < -0.39 is 0 Å². The molecule has 1 saturated heterocycles. The van der Waals surface area contributed by atoms with E-state index in [1.807, 2.05) is 0 Å². The standard InChI is InChI=1S/C17H26F2N2/c1-12(2)7-15-9-20-17(3,4)11-21(15)10-13-8-14(18)5-6-16(13)19/h5-6,8,12,15,20H,7,9-11H2,1-4H3. The molecular weight excluding hydrogens is 270 g/mol. The maximum Gasteiger partial charge on any atom is 0.127 e. The summed E-state index contributed by atoms with van der Waals surface area (Å²) in [6, 6.07) is 4.07. The predicted octanol–water partition coefficient (Wildman–Crippen LogP) is 3.56. The van der Waals surface area contributed by atoms with Crippen LogP contribution in [0.4, 0.5) is 8.78 Å². The zero-order chi connectivity index (χ0) is 15.6. The summed E-state index contributed by atoms with van der Waals surface area (Å²) in [6.45, 7) is 10.9. The van der Waals surface area contributed by atoms with E-state index in [9.17, 15) is 8.78 Å². The Morgan fingerprint density at radius 3 is 2.71 bits per heavy atom. The summed E-state index contributed by atoms with van der Waals surface area (Å²) in [7, 11) is 0. The average molecular weight is 296 g/mol. The van der Waals surface area contributed by atoms with Gasteiger partial charge >= 0.3 is 0 Å². The highest BCUT2D eigenvalue weighted by molar-refractivity contribution is 5.19. The fraction of sp³-hybridized carbons (Fsp3) is 0.647. The first-order valence-corrected chi connectivity index (χ1v) is 7.70. The van der Waals surface area contributed by atoms with Crippen molar-refractivity contribution in [2.24, 2.45) is 5.92 Å². The summed E-state index contributed by atoms with van der Waals surface area (Å²) < 4.78 is 27.3. The van der Waals surface area contributed by atoms with Gasteiger partial charge in [0.2, 0.25) is 0 Å². The number of hydrogen-bond acceptors (Lipinski definition) is 2. The molecule has 0 radical (unpaired) electrons. The number of benzene rings is 1. The third-order valence-electron chi connectivity index (χ3n) is 4.06. The lowest BCUT2D eigenvalue weighted by atomic mass is 9.93. The number of piperazine rings is 1. The van der Waals surface area contributed by atoms with Gasteiger partial charge in [0.25, 0.3) is 0 Å². The second-order valence-corrected chi connectivity index (χ2v) is 7.19. The fourth-order valence-electron chi connectivity index (χ4n) is 3.06. The molecule has 1 atom stereocenters. The Balaban J connectivity index is 2.17. The van der Waals surface area contributed by atoms with Crippen LogP contribution >= 0.6 is 0 Å². The van der Waals surface area contributed by atoms with Crippen molar-refractivity contribution in [2.45, 2.75) is 52.2 Å². The summed E-state index contributed by atoms with van der Waals surface area (Å²) in [5, 5.41) is 3.55. The molecule has 0 spiro atoms. The van der Waals surface area contributed by atoms with E-state index in [0.29, 0.717) is 24.1 Å². The second-order valence-electron chi connectivity index (χ2n) is 7.19. The van der Waals surface area contributed by atoms with Crippen molar-refractivity contribution in [1.82, 2.24) is 10.2 Å². The molecule has 1 heterocycles. The number of nitrogens with one attached hydrogen (secondary N) is 1. The zero-order valence-corrected chi connectivity index (χ0v) is 13.4. The minimum atomic E-state index is -0.374. The quantitative estimate of drug-likeness (QED) is 0.914. The lowest BCUT2D eigenvalue weighted by molar-refractivity contribution is 0.0749. The average Bonchev–Trinajstić information content (AvgIpc) is 2.36. The third-order valence-corrected chi connectivity index (χ3v) is 4.06. The van der Waals surface area contributed by atoms with E-state index in [0.717, 1.165) is 19.5 Å². The molecule has 0 aromatic heterocycles. The highest BCUT2D eigenvalue weighted by Gasteiger charge is 2.33. The number of rotatable bonds is 4. The van der Waals surface area contributed by atoms with Crippen LogP contribution in [0, 0.1) is 17.6 Å². The van der Waals surface area contributed by atoms with Crippen molar-refractivity contribution >= 4 is 0 Å². The van der Waals surface area contributed by atoms with Gasteiger partial charge in [0.15, 0.2) is 0 Å². The van der Waals surface area contributed by atoms with E-state index in [2.05, 4.69) is 37.9 Å². The third kappa shape index (κ3) is 4.48. The summed E-state index contributed by atoms with van der Waals surface area (Å²) in [4.78, 5) is 2.29. The van der Waals surface area contributed by atoms with Crippen molar-refractivity contribution in [3.63, 3.8) is 0 Å². The summed E-state index contributed by atoms with van der Waals surface area (Å²) in [6.07, 6.45) is 1.06. The molecule has 1 aromatic rings. The lowest BCUT2D eigenvalue weighted by Crippen LogP contribution is -2.61. The van der Waals surface area contributed by atoms with Crippen LogP contribution in [0.25, 0.3) is 0 Å². The normalized spacial score (nSPS) is 22.7. The highest BCUT2D eigenvalue weighted by Crippen LogP contribution is 2.23. The first kappa shape index (κ1) is 16.4. The Labute approximate surface area is 126 Å². The van der Waals surface area contributed by atoms with Gasteiger partial charge in [-0.2, -0.15) is 0 Å². The van der Waals surface area contributed by atoms with Gasteiger partial charge in [0.1, 0.15) is 11.6 Å². The van der Waals surface area contributed by atoms with Crippen LogP contribution in [-0.4, -0.2) is 29.6 Å². The largest absolute Gasteiger partial charge is 0.309 e. The molecule has 1 fully saturated rings. The van der Waals surface area contributed by atoms with Crippen molar-refractivity contribution in [2.75, 3.05) is 13.1 Å². The van der Waals surface area contributed by atoms with Gasteiger partial charge < -0.3 is 5.32 Å². The van der Waals surface area contributed by atoms with Crippen molar-refractivity contribution in [3.05, 3.63) is 35.4 Å². The minimum Gasteiger partial charge on any atom is -0.309 e. The van der Waals surface area contributed by atoms with E-state index >= 15 is 0 Å². The fourth-order valence-corrected chi connectivity index (χ4v) is 3.06. The molecule has 1 aliphatic heterocycles. The topological polar surface area (TPSA) is 15.3 Å². The Hall–Kier alpha value is -1.00. The summed E-state index contributed by atoms with van der Waals surface area (Å²) >= 11 is 0. The van der Waals surface area contributed by atoms with Gasteiger partial charge in [-0.15, -0.1) is 0 Å². The Bertz CT molecular complexity index is 486. The van der Waals surface area contributed by atoms with E-state index in [1.165, 1.54) is 18.2 Å². The van der Waals surface area contributed by atoms with Crippen LogP contribution in [0.5, 0.6) is 0 Å². The number of halogens is 2. The van der Waals surface area contributed by atoms with Gasteiger partial charge in [-0.05, 0) is 44.4 Å². The monoisotopic (exact) mass is 296 g/mol. The van der Waals surface area contributed by atoms with E-state index in [-0.39, 0.29) is 17.2 Å². The van der Waals surface area contributed by atoms with Crippen molar-refractivity contribution in [1.29, 1.82) is 0 Å². The zero-order valence-electron chi connectivity index (χ0n) is 13.4. The Kier molecular flexibility index (Phi) is 4.99. The van der Waals surface area contributed by atoms with Crippen LogP contribution in [0.1, 0.15) is 39.7 Å². The molecule has 0 bridgehead atoms. The Morgan fingerprint density at radius 1 is 1.33 bits per heavy atom. The van der Waals surface area contributed by atoms with Crippen LogP contribution in [0.3, 0.4) is 0 Å². The van der Waals surface area contributed by atoms with Gasteiger partial charge in [-0.1, -0.05) is 13.8 Å². The van der Waals surface area contributed by atoms with E-state index in [1.54, 1.807) is 0 Å². The smallest absolute Gasteiger partial charge is 0.127 e. The molecule has 2 rings (SSSR count). The summed E-state index contributed by atoms with van der Waals surface area (Å²) in [5.74, 6) is -0.116. The molecule has 1 aliphatic rings. The molecule has 2 nitrogen and oxygen atoms in total. The molecule has 1 unspecified atom stereocenters. The lowest BCUT2D eigenvalue weighted by Gasteiger charge is -2.45.